The molecule has 3 rings (SSSR count). The molecule has 7 heteroatoms. The summed E-state index contributed by atoms with van der Waals surface area (Å²) >= 11 is 0. The number of nitrogens with one attached hydrogen (secondary N) is 1. The van der Waals surface area contributed by atoms with Crippen LogP contribution in [0.4, 0.5) is 4.39 Å². The van der Waals surface area contributed by atoms with Crippen molar-refractivity contribution in [2.24, 2.45) is 0 Å². The zero-order valence-electron chi connectivity index (χ0n) is 17.8. The SMILES string of the molecule is COC1CCN(C(C)(C)CNC(=O)C(c2cccc(F)c2)N2CCOCC2)CC1. The number of rotatable bonds is 7. The van der Waals surface area contributed by atoms with Crippen LogP contribution in [0.1, 0.15) is 38.3 Å². The van der Waals surface area contributed by atoms with Crippen LogP contribution in [0.15, 0.2) is 24.3 Å². The molecule has 2 fully saturated rings. The monoisotopic (exact) mass is 407 g/mol. The maximum atomic E-state index is 13.8. The van der Waals surface area contributed by atoms with E-state index < -0.39 is 6.04 Å². The minimum absolute atomic E-state index is 0.0858. The van der Waals surface area contributed by atoms with E-state index in [1.165, 1.54) is 12.1 Å². The lowest BCUT2D eigenvalue weighted by molar-refractivity contribution is -0.129. The third-order valence-corrected chi connectivity index (χ3v) is 6.15. The fraction of sp³-hybridized carbons (Fsp3) is 0.682. The van der Waals surface area contributed by atoms with Crippen LogP contribution in [-0.2, 0) is 14.3 Å². The fourth-order valence-electron chi connectivity index (χ4n) is 4.25. The number of hydrogen-bond donors (Lipinski definition) is 1. The van der Waals surface area contributed by atoms with Gasteiger partial charge in [0.2, 0.25) is 5.91 Å². The van der Waals surface area contributed by atoms with Gasteiger partial charge >= 0.3 is 0 Å². The van der Waals surface area contributed by atoms with Crippen LogP contribution in [-0.4, -0.2) is 80.4 Å². The van der Waals surface area contributed by atoms with Gasteiger partial charge in [-0.25, -0.2) is 4.39 Å². The van der Waals surface area contributed by atoms with Crippen LogP contribution < -0.4 is 5.32 Å². The Morgan fingerprint density at radius 3 is 2.59 bits per heavy atom. The average Bonchev–Trinajstić information content (AvgIpc) is 2.73. The van der Waals surface area contributed by atoms with Crippen LogP contribution in [0.3, 0.4) is 0 Å². The molecule has 1 atom stereocenters. The number of morpholine rings is 1. The summed E-state index contributed by atoms with van der Waals surface area (Å²) in [6, 6.07) is 5.84. The van der Waals surface area contributed by atoms with E-state index in [4.69, 9.17) is 9.47 Å². The van der Waals surface area contributed by atoms with Gasteiger partial charge in [-0.3, -0.25) is 14.6 Å². The van der Waals surface area contributed by atoms with Crippen LogP contribution in [0.25, 0.3) is 0 Å². The van der Waals surface area contributed by atoms with Gasteiger partial charge in [-0.2, -0.15) is 0 Å². The van der Waals surface area contributed by atoms with E-state index in [1.54, 1.807) is 13.2 Å². The van der Waals surface area contributed by atoms with E-state index in [2.05, 4.69) is 29.0 Å². The lowest BCUT2D eigenvalue weighted by Crippen LogP contribution is -2.56. The maximum Gasteiger partial charge on any atom is 0.242 e. The predicted octanol–water partition coefficient (Wildman–Crippen LogP) is 2.20. The van der Waals surface area contributed by atoms with Crippen molar-refractivity contribution in [3.05, 3.63) is 35.6 Å². The summed E-state index contributed by atoms with van der Waals surface area (Å²) in [6.45, 7) is 9.25. The molecule has 162 valence electrons. The largest absolute Gasteiger partial charge is 0.381 e. The van der Waals surface area contributed by atoms with Crippen molar-refractivity contribution in [2.75, 3.05) is 53.0 Å². The quantitative estimate of drug-likeness (QED) is 0.751. The van der Waals surface area contributed by atoms with Gasteiger partial charge in [0, 0.05) is 45.4 Å². The number of nitrogens with zero attached hydrogens (tertiary/aromatic N) is 2. The molecule has 0 aliphatic carbocycles. The van der Waals surface area contributed by atoms with Crippen molar-refractivity contribution in [1.82, 2.24) is 15.1 Å². The summed E-state index contributed by atoms with van der Waals surface area (Å²) in [5, 5.41) is 3.14. The normalized spacial score (nSPS) is 21.1. The Morgan fingerprint density at radius 2 is 1.97 bits per heavy atom. The molecule has 0 spiro atoms. The summed E-state index contributed by atoms with van der Waals surface area (Å²) < 4.78 is 24.7. The van der Waals surface area contributed by atoms with E-state index in [1.807, 2.05) is 6.07 Å². The zero-order valence-corrected chi connectivity index (χ0v) is 17.8. The Bertz CT molecular complexity index is 671. The van der Waals surface area contributed by atoms with Gasteiger partial charge in [-0.15, -0.1) is 0 Å². The number of amides is 1. The molecule has 6 nitrogen and oxygen atoms in total. The van der Waals surface area contributed by atoms with Gasteiger partial charge in [0.15, 0.2) is 0 Å². The fourth-order valence-corrected chi connectivity index (χ4v) is 4.25. The Morgan fingerprint density at radius 1 is 1.28 bits per heavy atom. The zero-order chi connectivity index (χ0) is 20.9. The van der Waals surface area contributed by atoms with Gasteiger partial charge in [0.1, 0.15) is 11.9 Å². The van der Waals surface area contributed by atoms with E-state index in [9.17, 15) is 9.18 Å². The highest BCUT2D eigenvalue weighted by Gasteiger charge is 2.34. The first kappa shape index (κ1) is 22.2. The summed E-state index contributed by atoms with van der Waals surface area (Å²) in [7, 11) is 1.77. The summed E-state index contributed by atoms with van der Waals surface area (Å²) in [5.41, 5.74) is 0.523. The van der Waals surface area contributed by atoms with E-state index in [0.717, 1.165) is 25.9 Å². The summed E-state index contributed by atoms with van der Waals surface area (Å²) in [5.74, 6) is -0.410. The molecule has 2 saturated heterocycles. The number of hydrogen-bond acceptors (Lipinski definition) is 5. The molecule has 0 aromatic heterocycles. The first-order valence-corrected chi connectivity index (χ1v) is 10.5. The van der Waals surface area contributed by atoms with Crippen molar-refractivity contribution in [3.63, 3.8) is 0 Å². The molecule has 2 heterocycles. The molecule has 0 bridgehead atoms. The lowest BCUT2D eigenvalue weighted by atomic mass is 9.96. The molecular weight excluding hydrogens is 373 g/mol. The number of halogens is 1. The third-order valence-electron chi connectivity index (χ3n) is 6.15. The second-order valence-corrected chi connectivity index (χ2v) is 8.56. The van der Waals surface area contributed by atoms with Gasteiger partial charge in [0.05, 0.1) is 19.3 Å². The number of piperidine rings is 1. The Hall–Kier alpha value is -1.54. The van der Waals surface area contributed by atoms with Crippen molar-refractivity contribution >= 4 is 5.91 Å². The van der Waals surface area contributed by atoms with Crippen molar-refractivity contribution in [2.45, 2.75) is 44.4 Å². The molecule has 1 unspecified atom stereocenters. The highest BCUT2D eigenvalue weighted by Crippen LogP contribution is 2.25. The van der Waals surface area contributed by atoms with Crippen LogP contribution in [0, 0.1) is 5.82 Å². The third kappa shape index (κ3) is 5.75. The first-order chi connectivity index (χ1) is 13.9. The van der Waals surface area contributed by atoms with Crippen molar-refractivity contribution < 1.29 is 18.7 Å². The highest BCUT2D eigenvalue weighted by molar-refractivity contribution is 5.83. The van der Waals surface area contributed by atoms with Crippen LogP contribution >= 0.6 is 0 Å². The molecule has 2 aliphatic rings. The van der Waals surface area contributed by atoms with Crippen LogP contribution in [0.5, 0.6) is 0 Å². The van der Waals surface area contributed by atoms with Crippen LogP contribution in [0.2, 0.25) is 0 Å². The predicted molar refractivity (Wildman–Crippen MR) is 110 cm³/mol. The van der Waals surface area contributed by atoms with Crippen molar-refractivity contribution in [1.29, 1.82) is 0 Å². The first-order valence-electron chi connectivity index (χ1n) is 10.5. The topological polar surface area (TPSA) is 54.0 Å². The molecule has 1 aromatic carbocycles. The minimum Gasteiger partial charge on any atom is -0.381 e. The molecule has 1 amide bonds. The second-order valence-electron chi connectivity index (χ2n) is 8.56. The van der Waals surface area contributed by atoms with E-state index in [-0.39, 0.29) is 17.3 Å². The standard InChI is InChI=1S/C22H34FN3O3/c1-22(2,26-9-7-19(28-3)8-10-26)16-24-21(27)20(25-11-13-29-14-12-25)17-5-4-6-18(23)15-17/h4-6,15,19-20H,7-14,16H2,1-3H3,(H,24,27). The molecule has 1 aromatic rings. The second kappa shape index (κ2) is 9.98. The van der Waals surface area contributed by atoms with Gasteiger partial charge in [-0.1, -0.05) is 12.1 Å². The molecule has 0 saturated carbocycles. The smallest absolute Gasteiger partial charge is 0.242 e. The average molecular weight is 408 g/mol. The molecule has 29 heavy (non-hydrogen) atoms. The highest BCUT2D eigenvalue weighted by atomic mass is 19.1. The minimum atomic E-state index is -0.510. The van der Waals surface area contributed by atoms with Crippen molar-refractivity contribution in [3.8, 4) is 0 Å². The van der Waals surface area contributed by atoms with E-state index >= 15 is 0 Å². The van der Waals surface area contributed by atoms with Gasteiger partial charge in [-0.05, 0) is 44.4 Å². The molecule has 1 N–H and O–H groups in total. The number of carbonyl (C=O) groups is 1. The Balaban J connectivity index is 1.66. The number of carbonyl (C=O) groups excluding carboxylic acids is 1. The molecular formula is C22H34FN3O3. The number of methoxy groups -OCH3 is 1. The number of ether oxygens (including phenoxy) is 2. The summed E-state index contributed by atoms with van der Waals surface area (Å²) in [4.78, 5) is 17.7. The van der Waals surface area contributed by atoms with Gasteiger partial charge < -0.3 is 14.8 Å². The maximum absolute atomic E-state index is 13.8. The van der Waals surface area contributed by atoms with E-state index in [0.29, 0.717) is 44.5 Å². The molecule has 2 aliphatic heterocycles. The Labute approximate surface area is 173 Å². The number of likely N-dealkylation sites (tertiary alicyclic amines) is 1. The summed E-state index contributed by atoms with van der Waals surface area (Å²) in [6.07, 6.45) is 2.34. The van der Waals surface area contributed by atoms with Gasteiger partial charge in [0.25, 0.3) is 0 Å². The number of benzene rings is 1. The Kier molecular flexibility index (Phi) is 7.62. The lowest BCUT2D eigenvalue weighted by Gasteiger charge is -2.43. The molecule has 0 radical (unpaired) electrons.